The minimum Gasteiger partial charge on any atom is -0.479 e. The van der Waals surface area contributed by atoms with E-state index in [-0.39, 0.29) is 13.3 Å². The maximum Gasteiger partial charge on any atom is 0.241 e. The van der Waals surface area contributed by atoms with Crippen molar-refractivity contribution < 1.29 is 29.9 Å². The summed E-state index contributed by atoms with van der Waals surface area (Å²) in [6.45, 7) is 0.422. The van der Waals surface area contributed by atoms with E-state index in [2.05, 4.69) is 15.3 Å². The molecule has 0 radical (unpaired) electrons. The van der Waals surface area contributed by atoms with Crippen molar-refractivity contribution in [1.29, 1.82) is 0 Å². The standard InChI is InChI=1S/C21H28N4O6/c1-30-21-19-18(23-12-24-21)15(7-22-8-16(27)20(29)17(28)10-26)9-25(19)13-31-11-14-5-3-2-4-6-14/h2-6,9,12,16-17,20,22,26-29H,7-8,10-11,13H2,1H3/t16-,17+,20-/m0/s1. The molecule has 0 fully saturated rings. The molecule has 0 aliphatic heterocycles. The van der Waals surface area contributed by atoms with E-state index >= 15 is 0 Å². The monoisotopic (exact) mass is 432 g/mol. The molecule has 10 heteroatoms. The first-order valence-electron chi connectivity index (χ1n) is 9.89. The molecule has 0 saturated heterocycles. The van der Waals surface area contributed by atoms with Crippen LogP contribution >= 0.6 is 0 Å². The quantitative estimate of drug-likeness (QED) is 0.262. The number of aliphatic hydroxyl groups is 4. The zero-order valence-corrected chi connectivity index (χ0v) is 17.3. The fourth-order valence-corrected chi connectivity index (χ4v) is 3.23. The maximum absolute atomic E-state index is 9.97. The van der Waals surface area contributed by atoms with Crippen molar-refractivity contribution in [1.82, 2.24) is 19.9 Å². The number of benzene rings is 1. The van der Waals surface area contributed by atoms with Gasteiger partial charge in [-0.3, -0.25) is 0 Å². The van der Waals surface area contributed by atoms with Gasteiger partial charge in [-0.05, 0) is 5.56 Å². The molecule has 0 aliphatic rings. The summed E-state index contributed by atoms with van der Waals surface area (Å²) in [6, 6.07) is 9.83. The Kier molecular flexibility index (Phi) is 8.29. The van der Waals surface area contributed by atoms with Crippen LogP contribution in [-0.2, 0) is 24.6 Å². The van der Waals surface area contributed by atoms with Crippen LogP contribution in [0.15, 0.2) is 42.9 Å². The fraction of sp³-hybridized carbons (Fsp3) is 0.429. The lowest BCUT2D eigenvalue weighted by molar-refractivity contribution is -0.0750. The first-order valence-corrected chi connectivity index (χ1v) is 9.89. The van der Waals surface area contributed by atoms with Crippen LogP contribution in [0.2, 0.25) is 0 Å². The Morgan fingerprint density at radius 1 is 1.10 bits per heavy atom. The molecule has 168 valence electrons. The Morgan fingerprint density at radius 3 is 2.58 bits per heavy atom. The number of nitrogens with zero attached hydrogens (tertiary/aromatic N) is 3. The van der Waals surface area contributed by atoms with Gasteiger partial charge >= 0.3 is 0 Å². The van der Waals surface area contributed by atoms with Crippen molar-refractivity contribution in [2.45, 2.75) is 38.2 Å². The number of nitrogens with one attached hydrogen (secondary N) is 1. The van der Waals surface area contributed by atoms with E-state index in [1.807, 2.05) is 41.1 Å². The normalized spacial score (nSPS) is 14.5. The van der Waals surface area contributed by atoms with E-state index in [0.717, 1.165) is 11.1 Å². The minimum absolute atomic E-state index is 0.0115. The van der Waals surface area contributed by atoms with Crippen LogP contribution in [0, 0.1) is 0 Å². The number of aromatic nitrogens is 3. The lowest BCUT2D eigenvalue weighted by Gasteiger charge is -2.21. The van der Waals surface area contributed by atoms with Gasteiger partial charge in [0.2, 0.25) is 5.88 Å². The fourth-order valence-electron chi connectivity index (χ4n) is 3.23. The molecule has 0 bridgehead atoms. The molecule has 0 amide bonds. The molecule has 0 unspecified atom stereocenters. The zero-order valence-electron chi connectivity index (χ0n) is 17.3. The van der Waals surface area contributed by atoms with Crippen LogP contribution in [0.5, 0.6) is 5.88 Å². The van der Waals surface area contributed by atoms with Gasteiger partial charge < -0.3 is 39.8 Å². The number of methoxy groups -OCH3 is 1. The van der Waals surface area contributed by atoms with Gasteiger partial charge in [-0.2, -0.15) is 4.98 Å². The van der Waals surface area contributed by atoms with Gasteiger partial charge in [0.05, 0.1) is 26.4 Å². The van der Waals surface area contributed by atoms with Gasteiger partial charge in [0.1, 0.15) is 36.3 Å². The largest absolute Gasteiger partial charge is 0.479 e. The molecular formula is C21H28N4O6. The maximum atomic E-state index is 9.97. The molecule has 10 nitrogen and oxygen atoms in total. The predicted molar refractivity (Wildman–Crippen MR) is 112 cm³/mol. The molecular weight excluding hydrogens is 404 g/mol. The van der Waals surface area contributed by atoms with Crippen molar-refractivity contribution in [2.75, 3.05) is 20.3 Å². The van der Waals surface area contributed by atoms with Crippen molar-refractivity contribution in [3.8, 4) is 5.88 Å². The summed E-state index contributed by atoms with van der Waals surface area (Å²) in [7, 11) is 1.53. The van der Waals surface area contributed by atoms with Crippen molar-refractivity contribution in [3.63, 3.8) is 0 Å². The number of ether oxygens (including phenoxy) is 2. The van der Waals surface area contributed by atoms with Gasteiger partial charge in [0, 0.05) is 24.8 Å². The lowest BCUT2D eigenvalue weighted by atomic mass is 10.1. The molecule has 2 aromatic heterocycles. The summed E-state index contributed by atoms with van der Waals surface area (Å²) in [5.41, 5.74) is 3.24. The molecule has 31 heavy (non-hydrogen) atoms. The first kappa shape index (κ1) is 23.1. The molecule has 5 N–H and O–H groups in total. The Balaban J connectivity index is 1.70. The predicted octanol–water partition coefficient (Wildman–Crippen LogP) is -0.221. The van der Waals surface area contributed by atoms with E-state index in [1.165, 1.54) is 13.4 Å². The number of hydrogen-bond donors (Lipinski definition) is 5. The molecule has 3 rings (SSSR count). The molecule has 2 heterocycles. The highest BCUT2D eigenvalue weighted by molar-refractivity contribution is 5.83. The summed E-state index contributed by atoms with van der Waals surface area (Å²) in [4.78, 5) is 8.53. The van der Waals surface area contributed by atoms with Crippen LogP contribution in [0.4, 0.5) is 0 Å². The molecule has 0 spiro atoms. The molecule has 0 saturated carbocycles. The van der Waals surface area contributed by atoms with Gasteiger partial charge in [-0.25, -0.2) is 4.98 Å². The summed E-state index contributed by atoms with van der Waals surface area (Å²) in [5, 5.41) is 41.1. The first-order chi connectivity index (χ1) is 15.0. The summed E-state index contributed by atoms with van der Waals surface area (Å²) >= 11 is 0. The van der Waals surface area contributed by atoms with Gasteiger partial charge in [-0.15, -0.1) is 0 Å². The number of rotatable bonds is 12. The van der Waals surface area contributed by atoms with Crippen molar-refractivity contribution >= 4 is 11.0 Å². The van der Waals surface area contributed by atoms with Crippen LogP contribution in [0.1, 0.15) is 11.1 Å². The van der Waals surface area contributed by atoms with Crippen LogP contribution in [0.25, 0.3) is 11.0 Å². The second kappa shape index (κ2) is 11.1. The van der Waals surface area contributed by atoms with Gasteiger partial charge in [0.25, 0.3) is 0 Å². The molecule has 1 aromatic carbocycles. The zero-order chi connectivity index (χ0) is 22.2. The highest BCUT2D eigenvalue weighted by Gasteiger charge is 2.24. The van der Waals surface area contributed by atoms with E-state index < -0.39 is 24.9 Å². The number of aliphatic hydroxyl groups excluding tert-OH is 4. The van der Waals surface area contributed by atoms with E-state index in [9.17, 15) is 15.3 Å². The highest BCUT2D eigenvalue weighted by Crippen LogP contribution is 2.26. The summed E-state index contributed by atoms with van der Waals surface area (Å²) in [6.07, 6.45) is -0.819. The lowest BCUT2D eigenvalue weighted by Crippen LogP contribution is -2.44. The average molecular weight is 432 g/mol. The Bertz CT molecular complexity index is 952. The molecule has 3 atom stereocenters. The third-order valence-corrected chi connectivity index (χ3v) is 4.87. The second-order valence-electron chi connectivity index (χ2n) is 7.11. The van der Waals surface area contributed by atoms with Gasteiger partial charge in [-0.1, -0.05) is 30.3 Å². The van der Waals surface area contributed by atoms with E-state index in [1.54, 1.807) is 0 Å². The number of fused-ring (bicyclic) bond motifs is 1. The van der Waals surface area contributed by atoms with E-state index in [0.29, 0.717) is 30.1 Å². The van der Waals surface area contributed by atoms with Crippen molar-refractivity contribution in [3.05, 3.63) is 54.0 Å². The van der Waals surface area contributed by atoms with Gasteiger partial charge in [0.15, 0.2) is 0 Å². The van der Waals surface area contributed by atoms with Crippen molar-refractivity contribution in [2.24, 2.45) is 0 Å². The smallest absolute Gasteiger partial charge is 0.241 e. The topological polar surface area (TPSA) is 142 Å². The van der Waals surface area contributed by atoms with E-state index in [4.69, 9.17) is 14.6 Å². The Labute approximate surface area is 179 Å². The molecule has 3 aromatic rings. The van der Waals surface area contributed by atoms with Crippen LogP contribution in [-0.4, -0.2) is 73.5 Å². The molecule has 0 aliphatic carbocycles. The Morgan fingerprint density at radius 2 is 1.87 bits per heavy atom. The third kappa shape index (κ3) is 5.76. The SMILES string of the molecule is COc1ncnc2c(CNC[C@H](O)[C@H](O)[C@H](O)CO)cn(COCc3ccccc3)c12. The van der Waals surface area contributed by atoms with Crippen LogP contribution in [0.3, 0.4) is 0 Å². The Hall–Kier alpha value is -2.60. The summed E-state index contributed by atoms with van der Waals surface area (Å²) in [5.74, 6) is 0.418. The number of hydrogen-bond acceptors (Lipinski definition) is 9. The highest BCUT2D eigenvalue weighted by atomic mass is 16.5. The third-order valence-electron chi connectivity index (χ3n) is 4.87. The minimum atomic E-state index is -1.45. The van der Waals surface area contributed by atoms with Crippen LogP contribution < -0.4 is 10.1 Å². The average Bonchev–Trinajstić information content (AvgIpc) is 3.16. The summed E-state index contributed by atoms with van der Waals surface area (Å²) < 4.78 is 13.1. The second-order valence-corrected chi connectivity index (χ2v) is 7.11.